The summed E-state index contributed by atoms with van der Waals surface area (Å²) in [5.41, 5.74) is 3.17. The Morgan fingerprint density at radius 3 is 2.88 bits per heavy atom. The van der Waals surface area contributed by atoms with Crippen LogP contribution >= 0.6 is 11.3 Å². The summed E-state index contributed by atoms with van der Waals surface area (Å²) in [6, 6.07) is 11.1. The molecular weight excluding hydrogens is 438 g/mol. The molecule has 4 rings (SSSR count). The molecule has 33 heavy (non-hydrogen) atoms. The van der Waals surface area contributed by atoms with Crippen LogP contribution in [0.4, 0.5) is 10.9 Å². The van der Waals surface area contributed by atoms with E-state index < -0.39 is 12.0 Å². The number of benzene rings is 1. The molecule has 174 valence electrons. The van der Waals surface area contributed by atoms with E-state index in [9.17, 15) is 14.7 Å². The number of hydrogen-bond donors (Lipinski definition) is 4. The molecule has 0 saturated carbocycles. The minimum absolute atomic E-state index is 0.0563. The first-order valence-electron chi connectivity index (χ1n) is 11.4. The second-order valence-electron chi connectivity index (χ2n) is 8.21. The number of para-hydroxylation sites is 1. The van der Waals surface area contributed by atoms with Crippen LogP contribution in [0.15, 0.2) is 36.4 Å². The normalized spacial score (nSPS) is 13.7. The molecule has 1 aromatic carbocycles. The van der Waals surface area contributed by atoms with Gasteiger partial charge in [0.2, 0.25) is 5.91 Å². The maximum Gasteiger partial charge on any atom is 0.326 e. The standard InChI is InChI=1S/C24H29N5O3S/c30-21(10-4-1-7-17-12-11-16-6-5-14-26-22(16)27-17)25-15-13-19(23(31)32)29-24-28-18-8-2-3-9-20(18)33-24/h2-3,8-9,11-12,19H,1,4-7,10,13-15H2,(H,25,30)(H,26,27)(H,28,29)(H,31,32)/t19-/m1/s1. The number of carboxylic acid groups (broad SMARTS) is 1. The Morgan fingerprint density at radius 2 is 2.03 bits per heavy atom. The molecule has 0 radical (unpaired) electrons. The van der Waals surface area contributed by atoms with E-state index in [1.807, 2.05) is 24.3 Å². The number of aliphatic carboxylic acids is 1. The minimum Gasteiger partial charge on any atom is -0.480 e. The number of aromatic nitrogens is 2. The number of nitrogens with one attached hydrogen (secondary N) is 3. The molecule has 0 unspecified atom stereocenters. The summed E-state index contributed by atoms with van der Waals surface area (Å²) < 4.78 is 0.999. The van der Waals surface area contributed by atoms with Gasteiger partial charge in [-0.25, -0.2) is 14.8 Å². The van der Waals surface area contributed by atoms with Crippen molar-refractivity contribution in [2.45, 2.75) is 51.0 Å². The monoisotopic (exact) mass is 467 g/mol. The molecule has 1 atom stereocenters. The fraction of sp³-hybridized carbons (Fsp3) is 0.417. The first-order chi connectivity index (χ1) is 16.1. The summed E-state index contributed by atoms with van der Waals surface area (Å²) in [7, 11) is 0. The Labute approximate surface area is 196 Å². The van der Waals surface area contributed by atoms with Gasteiger partial charge in [0, 0.05) is 25.2 Å². The zero-order valence-corrected chi connectivity index (χ0v) is 19.3. The molecule has 0 bridgehead atoms. The van der Waals surface area contributed by atoms with Crippen molar-refractivity contribution in [1.29, 1.82) is 0 Å². The summed E-state index contributed by atoms with van der Waals surface area (Å²) in [6.45, 7) is 1.27. The van der Waals surface area contributed by atoms with Gasteiger partial charge in [0.15, 0.2) is 5.13 Å². The molecule has 9 heteroatoms. The van der Waals surface area contributed by atoms with E-state index in [4.69, 9.17) is 0 Å². The number of amides is 1. The number of carboxylic acids is 1. The van der Waals surface area contributed by atoms with Gasteiger partial charge in [0.25, 0.3) is 0 Å². The molecular formula is C24H29N5O3S. The molecule has 0 spiro atoms. The van der Waals surface area contributed by atoms with E-state index in [1.165, 1.54) is 16.9 Å². The van der Waals surface area contributed by atoms with Gasteiger partial charge >= 0.3 is 5.97 Å². The van der Waals surface area contributed by atoms with Crippen LogP contribution in [0.5, 0.6) is 0 Å². The van der Waals surface area contributed by atoms with Crippen molar-refractivity contribution in [3.63, 3.8) is 0 Å². The summed E-state index contributed by atoms with van der Waals surface area (Å²) >= 11 is 1.42. The molecule has 1 amide bonds. The minimum atomic E-state index is -0.962. The van der Waals surface area contributed by atoms with Crippen molar-refractivity contribution in [1.82, 2.24) is 15.3 Å². The summed E-state index contributed by atoms with van der Waals surface area (Å²) in [5, 5.41) is 19.3. The third-order valence-electron chi connectivity index (χ3n) is 5.68. The molecule has 8 nitrogen and oxygen atoms in total. The highest BCUT2D eigenvalue weighted by Gasteiger charge is 2.19. The van der Waals surface area contributed by atoms with Crippen molar-refractivity contribution >= 4 is 44.4 Å². The van der Waals surface area contributed by atoms with Crippen molar-refractivity contribution in [2.24, 2.45) is 0 Å². The highest BCUT2D eigenvalue weighted by Crippen LogP contribution is 2.26. The van der Waals surface area contributed by atoms with Crippen LogP contribution in [0, 0.1) is 0 Å². The number of pyridine rings is 1. The Morgan fingerprint density at radius 1 is 1.15 bits per heavy atom. The first-order valence-corrected chi connectivity index (χ1v) is 12.2. The quantitative estimate of drug-likeness (QED) is 0.317. The Bertz CT molecular complexity index is 1080. The Balaban J connectivity index is 1.15. The highest BCUT2D eigenvalue weighted by atomic mass is 32.1. The first kappa shape index (κ1) is 23.0. The zero-order chi connectivity index (χ0) is 23.0. The number of aryl methyl sites for hydroxylation is 2. The third-order valence-corrected chi connectivity index (χ3v) is 6.65. The van der Waals surface area contributed by atoms with Crippen LogP contribution in [-0.2, 0) is 22.4 Å². The van der Waals surface area contributed by atoms with E-state index in [0.29, 0.717) is 18.1 Å². The summed E-state index contributed by atoms with van der Waals surface area (Å²) in [4.78, 5) is 32.9. The van der Waals surface area contributed by atoms with Crippen LogP contribution < -0.4 is 16.0 Å². The van der Waals surface area contributed by atoms with Crippen molar-refractivity contribution in [3.05, 3.63) is 47.7 Å². The van der Waals surface area contributed by atoms with Gasteiger partial charge < -0.3 is 21.1 Å². The number of nitrogens with zero attached hydrogens (tertiary/aromatic N) is 2. The number of thiazole rings is 1. The predicted molar refractivity (Wildman–Crippen MR) is 131 cm³/mol. The van der Waals surface area contributed by atoms with Crippen molar-refractivity contribution in [2.75, 3.05) is 23.7 Å². The zero-order valence-electron chi connectivity index (χ0n) is 18.5. The molecule has 0 aliphatic carbocycles. The van der Waals surface area contributed by atoms with Gasteiger partial charge in [0.1, 0.15) is 11.9 Å². The largest absolute Gasteiger partial charge is 0.480 e. The number of carbonyl (C=O) groups excluding carboxylic acids is 1. The van der Waals surface area contributed by atoms with E-state index in [-0.39, 0.29) is 12.3 Å². The van der Waals surface area contributed by atoms with Gasteiger partial charge in [-0.15, -0.1) is 0 Å². The number of fused-ring (bicyclic) bond motifs is 2. The lowest BCUT2D eigenvalue weighted by Crippen LogP contribution is -2.34. The van der Waals surface area contributed by atoms with Gasteiger partial charge in [-0.1, -0.05) is 29.5 Å². The van der Waals surface area contributed by atoms with E-state index in [2.05, 4.69) is 38.1 Å². The number of unbranched alkanes of at least 4 members (excludes halogenated alkanes) is 1. The van der Waals surface area contributed by atoms with Crippen LogP contribution in [0.1, 0.15) is 43.4 Å². The lowest BCUT2D eigenvalue weighted by Gasteiger charge is -2.17. The van der Waals surface area contributed by atoms with Crippen LogP contribution in [-0.4, -0.2) is 46.1 Å². The van der Waals surface area contributed by atoms with E-state index in [1.54, 1.807) is 0 Å². The lowest BCUT2D eigenvalue weighted by molar-refractivity contribution is -0.138. The summed E-state index contributed by atoms with van der Waals surface area (Å²) in [5.74, 6) is -0.0151. The van der Waals surface area contributed by atoms with Crippen LogP contribution in [0.2, 0.25) is 0 Å². The lowest BCUT2D eigenvalue weighted by atomic mass is 10.1. The van der Waals surface area contributed by atoms with Crippen LogP contribution in [0.25, 0.3) is 10.2 Å². The number of anilines is 2. The van der Waals surface area contributed by atoms with Gasteiger partial charge in [-0.05, 0) is 62.3 Å². The van der Waals surface area contributed by atoms with Gasteiger partial charge in [-0.2, -0.15) is 0 Å². The van der Waals surface area contributed by atoms with Crippen molar-refractivity contribution < 1.29 is 14.7 Å². The Kier molecular flexibility index (Phi) is 7.72. The van der Waals surface area contributed by atoms with E-state index >= 15 is 0 Å². The average Bonchev–Trinajstić information content (AvgIpc) is 3.23. The molecule has 1 aliphatic heterocycles. The maximum atomic E-state index is 12.2. The number of rotatable bonds is 11. The molecule has 3 heterocycles. The smallest absolute Gasteiger partial charge is 0.326 e. The molecule has 0 fully saturated rings. The fourth-order valence-corrected chi connectivity index (χ4v) is 4.80. The van der Waals surface area contributed by atoms with Crippen molar-refractivity contribution in [3.8, 4) is 0 Å². The van der Waals surface area contributed by atoms with Gasteiger partial charge in [-0.3, -0.25) is 4.79 Å². The average molecular weight is 468 g/mol. The topological polar surface area (TPSA) is 116 Å². The second kappa shape index (κ2) is 11.1. The fourth-order valence-electron chi connectivity index (χ4n) is 3.88. The van der Waals surface area contributed by atoms with Gasteiger partial charge in [0.05, 0.1) is 10.2 Å². The molecule has 4 N–H and O–H groups in total. The number of hydrogen-bond acceptors (Lipinski definition) is 7. The molecule has 0 saturated heterocycles. The molecule has 3 aromatic rings. The second-order valence-corrected chi connectivity index (χ2v) is 9.24. The summed E-state index contributed by atoms with van der Waals surface area (Å²) in [6.07, 6.45) is 5.42. The maximum absolute atomic E-state index is 12.2. The van der Waals surface area contributed by atoms with Crippen LogP contribution in [0.3, 0.4) is 0 Å². The molecule has 2 aromatic heterocycles. The number of carbonyl (C=O) groups is 2. The highest BCUT2D eigenvalue weighted by molar-refractivity contribution is 7.22. The van der Waals surface area contributed by atoms with E-state index in [0.717, 1.165) is 60.4 Å². The SMILES string of the molecule is O=C(CCCCc1ccc2c(n1)NCCC2)NCC[C@@H](Nc1nc2ccccc2s1)C(=O)O. The third kappa shape index (κ3) is 6.41. The predicted octanol–water partition coefficient (Wildman–Crippen LogP) is 3.83. The molecule has 1 aliphatic rings. The Hall–Kier alpha value is -3.20.